The highest BCUT2D eigenvalue weighted by Crippen LogP contribution is 2.25. The Hall–Kier alpha value is -1.23. The van der Waals surface area contributed by atoms with E-state index in [-0.39, 0.29) is 6.54 Å². The van der Waals surface area contributed by atoms with E-state index in [4.69, 9.17) is 28.3 Å². The van der Waals surface area contributed by atoms with Crippen LogP contribution < -0.4 is 4.90 Å². The standard InChI is InChI=1S/C15H12BrCl2NO2/c16-13-7-10(1-6-14(13)18)8-19(9-15(20)21)12-4-2-11(17)3-5-12/h1-7H,8-9H2,(H,20,21). The second-order valence-corrected chi connectivity index (χ2v) is 6.17. The molecule has 0 heterocycles. The number of carbonyl (C=O) groups is 1. The smallest absolute Gasteiger partial charge is 0.323 e. The lowest BCUT2D eigenvalue weighted by atomic mass is 10.2. The van der Waals surface area contributed by atoms with Crippen LogP contribution in [0.25, 0.3) is 0 Å². The number of anilines is 1. The average Bonchev–Trinajstić information content (AvgIpc) is 2.42. The molecule has 0 saturated heterocycles. The Morgan fingerprint density at radius 3 is 2.38 bits per heavy atom. The van der Waals surface area contributed by atoms with E-state index in [2.05, 4.69) is 15.9 Å². The molecule has 2 rings (SSSR count). The number of halogens is 3. The van der Waals surface area contributed by atoms with Crippen molar-refractivity contribution in [3.05, 3.63) is 62.5 Å². The molecule has 0 unspecified atom stereocenters. The van der Waals surface area contributed by atoms with Crippen LogP contribution in [0.5, 0.6) is 0 Å². The van der Waals surface area contributed by atoms with Gasteiger partial charge in [0.15, 0.2) is 0 Å². The van der Waals surface area contributed by atoms with Crippen LogP contribution >= 0.6 is 39.1 Å². The first-order chi connectivity index (χ1) is 9.95. The molecule has 0 bridgehead atoms. The first-order valence-corrected chi connectivity index (χ1v) is 7.67. The Bertz CT molecular complexity index is 647. The van der Waals surface area contributed by atoms with Gasteiger partial charge in [0.25, 0.3) is 0 Å². The lowest BCUT2D eigenvalue weighted by molar-refractivity contribution is -0.135. The molecule has 2 aromatic rings. The quantitative estimate of drug-likeness (QED) is 0.795. The van der Waals surface area contributed by atoms with Crippen LogP contribution in [0.1, 0.15) is 5.56 Å². The van der Waals surface area contributed by atoms with Gasteiger partial charge in [0.1, 0.15) is 6.54 Å². The van der Waals surface area contributed by atoms with Crippen molar-refractivity contribution < 1.29 is 9.90 Å². The molecule has 3 nitrogen and oxygen atoms in total. The number of rotatable bonds is 5. The van der Waals surface area contributed by atoms with E-state index >= 15 is 0 Å². The molecule has 0 aromatic heterocycles. The van der Waals surface area contributed by atoms with Crippen molar-refractivity contribution in [2.75, 3.05) is 11.4 Å². The van der Waals surface area contributed by atoms with Gasteiger partial charge in [-0.1, -0.05) is 29.3 Å². The Kier molecular flexibility index (Phi) is 5.51. The van der Waals surface area contributed by atoms with Gasteiger partial charge in [-0.3, -0.25) is 4.79 Å². The molecular weight excluding hydrogens is 377 g/mol. The molecule has 2 aromatic carbocycles. The van der Waals surface area contributed by atoms with E-state index in [1.54, 1.807) is 35.2 Å². The number of nitrogens with zero attached hydrogens (tertiary/aromatic N) is 1. The summed E-state index contributed by atoms with van der Waals surface area (Å²) >= 11 is 15.2. The Morgan fingerprint density at radius 1 is 1.14 bits per heavy atom. The molecule has 6 heteroatoms. The van der Waals surface area contributed by atoms with Gasteiger partial charge in [0, 0.05) is 21.7 Å². The summed E-state index contributed by atoms with van der Waals surface area (Å²) in [4.78, 5) is 12.8. The number of hydrogen-bond donors (Lipinski definition) is 1. The van der Waals surface area contributed by atoms with Crippen LogP contribution in [0.4, 0.5) is 5.69 Å². The SMILES string of the molecule is O=C(O)CN(Cc1ccc(Cl)c(Br)c1)c1ccc(Cl)cc1. The zero-order valence-electron chi connectivity index (χ0n) is 10.9. The highest BCUT2D eigenvalue weighted by atomic mass is 79.9. The zero-order chi connectivity index (χ0) is 15.4. The van der Waals surface area contributed by atoms with Gasteiger partial charge in [0.2, 0.25) is 0 Å². The summed E-state index contributed by atoms with van der Waals surface area (Å²) in [6.45, 7) is 0.367. The van der Waals surface area contributed by atoms with Crippen molar-refractivity contribution in [1.29, 1.82) is 0 Å². The minimum absolute atomic E-state index is 0.0954. The van der Waals surface area contributed by atoms with Crippen molar-refractivity contribution in [3.8, 4) is 0 Å². The maximum absolute atomic E-state index is 11.1. The van der Waals surface area contributed by atoms with Crippen molar-refractivity contribution >= 4 is 50.8 Å². The zero-order valence-corrected chi connectivity index (χ0v) is 14.0. The van der Waals surface area contributed by atoms with Crippen LogP contribution in [0.15, 0.2) is 46.9 Å². The molecule has 0 aliphatic carbocycles. The summed E-state index contributed by atoms with van der Waals surface area (Å²) in [5.41, 5.74) is 1.76. The molecule has 21 heavy (non-hydrogen) atoms. The highest BCUT2D eigenvalue weighted by molar-refractivity contribution is 9.10. The lowest BCUT2D eigenvalue weighted by Crippen LogP contribution is -2.29. The monoisotopic (exact) mass is 387 g/mol. The van der Waals surface area contributed by atoms with E-state index in [0.717, 1.165) is 15.7 Å². The first-order valence-electron chi connectivity index (χ1n) is 6.12. The van der Waals surface area contributed by atoms with Gasteiger partial charge in [0.05, 0.1) is 5.02 Å². The maximum Gasteiger partial charge on any atom is 0.323 e. The molecule has 0 radical (unpaired) electrons. The average molecular weight is 389 g/mol. The summed E-state index contributed by atoms with van der Waals surface area (Å²) in [6, 6.07) is 12.6. The third-order valence-electron chi connectivity index (χ3n) is 2.88. The molecule has 110 valence electrons. The molecular formula is C15H12BrCl2NO2. The normalized spacial score (nSPS) is 10.4. The number of hydrogen-bond acceptors (Lipinski definition) is 2. The molecule has 0 fully saturated rings. The number of aliphatic carboxylic acids is 1. The Morgan fingerprint density at radius 2 is 1.81 bits per heavy atom. The fourth-order valence-electron chi connectivity index (χ4n) is 1.91. The van der Waals surface area contributed by atoms with Gasteiger partial charge in [-0.05, 0) is 57.9 Å². The first kappa shape index (κ1) is 16.1. The third kappa shape index (κ3) is 4.63. The summed E-state index contributed by atoms with van der Waals surface area (Å²) < 4.78 is 0.785. The largest absolute Gasteiger partial charge is 0.480 e. The molecule has 0 aliphatic heterocycles. The summed E-state index contributed by atoms with van der Waals surface area (Å²) in [7, 11) is 0. The second-order valence-electron chi connectivity index (χ2n) is 4.47. The van der Waals surface area contributed by atoms with Gasteiger partial charge < -0.3 is 10.0 Å². The van der Waals surface area contributed by atoms with Gasteiger partial charge in [-0.15, -0.1) is 0 Å². The minimum atomic E-state index is -0.891. The van der Waals surface area contributed by atoms with E-state index in [1.807, 2.05) is 12.1 Å². The van der Waals surface area contributed by atoms with Gasteiger partial charge in [-0.25, -0.2) is 0 Å². The maximum atomic E-state index is 11.1. The van der Waals surface area contributed by atoms with Gasteiger partial charge in [-0.2, -0.15) is 0 Å². The predicted octanol–water partition coefficient (Wildman–Crippen LogP) is 4.85. The molecule has 1 N–H and O–H groups in total. The van der Waals surface area contributed by atoms with Crippen LogP contribution in [0.2, 0.25) is 10.0 Å². The summed E-state index contributed by atoms with van der Waals surface area (Å²) in [6.07, 6.45) is 0. The van der Waals surface area contributed by atoms with Gasteiger partial charge >= 0.3 is 5.97 Å². The highest BCUT2D eigenvalue weighted by Gasteiger charge is 2.12. The number of carboxylic acids is 1. The molecule has 0 atom stereocenters. The lowest BCUT2D eigenvalue weighted by Gasteiger charge is -2.23. The fraction of sp³-hybridized carbons (Fsp3) is 0.133. The molecule has 0 saturated carbocycles. The predicted molar refractivity (Wildman–Crippen MR) is 89.3 cm³/mol. The van der Waals surface area contributed by atoms with E-state index in [0.29, 0.717) is 16.6 Å². The number of benzene rings is 2. The van der Waals surface area contributed by atoms with Crippen molar-refractivity contribution in [1.82, 2.24) is 0 Å². The minimum Gasteiger partial charge on any atom is -0.480 e. The van der Waals surface area contributed by atoms with Crippen molar-refractivity contribution in [2.24, 2.45) is 0 Å². The molecule has 0 amide bonds. The number of carboxylic acid groups (broad SMARTS) is 1. The van der Waals surface area contributed by atoms with Crippen LogP contribution in [0.3, 0.4) is 0 Å². The van der Waals surface area contributed by atoms with E-state index in [9.17, 15) is 4.79 Å². The third-order valence-corrected chi connectivity index (χ3v) is 4.34. The fourth-order valence-corrected chi connectivity index (χ4v) is 2.58. The van der Waals surface area contributed by atoms with Crippen LogP contribution in [0, 0.1) is 0 Å². The van der Waals surface area contributed by atoms with Crippen LogP contribution in [-0.2, 0) is 11.3 Å². The summed E-state index contributed by atoms with van der Waals surface area (Å²) in [5.74, 6) is -0.891. The topological polar surface area (TPSA) is 40.5 Å². The Balaban J connectivity index is 2.25. The van der Waals surface area contributed by atoms with Crippen LogP contribution in [-0.4, -0.2) is 17.6 Å². The molecule has 0 spiro atoms. The van der Waals surface area contributed by atoms with E-state index in [1.165, 1.54) is 0 Å². The van der Waals surface area contributed by atoms with Crippen molar-refractivity contribution in [2.45, 2.75) is 6.54 Å². The Labute approximate surface area is 141 Å². The summed E-state index contributed by atoms with van der Waals surface area (Å²) in [5, 5.41) is 10.3. The molecule has 0 aliphatic rings. The van der Waals surface area contributed by atoms with Crippen molar-refractivity contribution in [3.63, 3.8) is 0 Å². The van der Waals surface area contributed by atoms with E-state index < -0.39 is 5.97 Å². The second kappa shape index (κ2) is 7.16.